The lowest BCUT2D eigenvalue weighted by atomic mass is 10.2. The summed E-state index contributed by atoms with van der Waals surface area (Å²) in [6.07, 6.45) is 2.47. The summed E-state index contributed by atoms with van der Waals surface area (Å²) in [4.78, 5) is 49.9. The SMILES string of the molecule is COc1ccc(NC(C)=O)cc1NC(=O)COC(=O)[C@@H]1CCCN1C(=O)c1ccco1. The Morgan fingerprint density at radius 2 is 2.00 bits per heavy atom. The minimum Gasteiger partial charge on any atom is -0.495 e. The second-order valence-electron chi connectivity index (χ2n) is 6.89. The van der Waals surface area contributed by atoms with E-state index in [4.69, 9.17) is 13.9 Å². The number of hydrogen-bond acceptors (Lipinski definition) is 7. The maximum absolute atomic E-state index is 12.5. The predicted octanol–water partition coefficient (Wildman–Crippen LogP) is 2.03. The van der Waals surface area contributed by atoms with Crippen LogP contribution in [0.5, 0.6) is 5.75 Å². The van der Waals surface area contributed by atoms with E-state index < -0.39 is 30.4 Å². The molecule has 1 atom stereocenters. The van der Waals surface area contributed by atoms with Crippen molar-refractivity contribution in [1.29, 1.82) is 0 Å². The molecule has 3 rings (SSSR count). The van der Waals surface area contributed by atoms with Crippen LogP contribution in [0.1, 0.15) is 30.3 Å². The molecule has 1 aliphatic rings. The van der Waals surface area contributed by atoms with Gasteiger partial charge in [0.15, 0.2) is 12.4 Å². The Labute approximate surface area is 178 Å². The van der Waals surface area contributed by atoms with Gasteiger partial charge in [-0.05, 0) is 43.2 Å². The molecule has 10 heteroatoms. The van der Waals surface area contributed by atoms with E-state index in [1.807, 2.05) is 0 Å². The molecule has 2 aromatic rings. The number of rotatable bonds is 7. The summed E-state index contributed by atoms with van der Waals surface area (Å²) in [5, 5.41) is 5.20. The number of nitrogens with zero attached hydrogens (tertiary/aromatic N) is 1. The van der Waals surface area contributed by atoms with Gasteiger partial charge in [-0.3, -0.25) is 14.4 Å². The number of carbonyl (C=O) groups is 4. The highest BCUT2D eigenvalue weighted by Crippen LogP contribution is 2.28. The number of anilines is 2. The molecule has 1 saturated heterocycles. The molecule has 2 heterocycles. The first-order chi connectivity index (χ1) is 14.9. The van der Waals surface area contributed by atoms with Crippen LogP contribution in [0.15, 0.2) is 41.0 Å². The van der Waals surface area contributed by atoms with E-state index in [1.54, 1.807) is 18.2 Å². The van der Waals surface area contributed by atoms with Gasteiger partial charge in [-0.2, -0.15) is 0 Å². The molecule has 2 N–H and O–H groups in total. The fraction of sp³-hybridized carbons (Fsp3) is 0.333. The normalized spacial score (nSPS) is 15.3. The molecule has 1 fully saturated rings. The first-order valence-corrected chi connectivity index (χ1v) is 9.65. The van der Waals surface area contributed by atoms with Crippen molar-refractivity contribution in [2.45, 2.75) is 25.8 Å². The lowest BCUT2D eigenvalue weighted by molar-refractivity contribution is -0.151. The van der Waals surface area contributed by atoms with Crippen LogP contribution >= 0.6 is 0 Å². The Balaban J connectivity index is 1.58. The molecule has 164 valence electrons. The van der Waals surface area contributed by atoms with Gasteiger partial charge in [0.05, 0.1) is 19.1 Å². The van der Waals surface area contributed by atoms with Crippen LogP contribution in [0.4, 0.5) is 11.4 Å². The van der Waals surface area contributed by atoms with Gasteiger partial charge >= 0.3 is 5.97 Å². The third-order valence-electron chi connectivity index (χ3n) is 4.66. The van der Waals surface area contributed by atoms with Crippen molar-refractivity contribution in [3.63, 3.8) is 0 Å². The Morgan fingerprint density at radius 3 is 2.68 bits per heavy atom. The third kappa shape index (κ3) is 5.41. The Morgan fingerprint density at radius 1 is 1.19 bits per heavy atom. The second-order valence-corrected chi connectivity index (χ2v) is 6.89. The summed E-state index contributed by atoms with van der Waals surface area (Å²) in [7, 11) is 1.44. The average Bonchev–Trinajstić information content (AvgIpc) is 3.43. The topological polar surface area (TPSA) is 127 Å². The summed E-state index contributed by atoms with van der Waals surface area (Å²) in [5.74, 6) is -1.39. The number of likely N-dealkylation sites (tertiary alicyclic amines) is 1. The van der Waals surface area contributed by atoms with Crippen LogP contribution in [0.25, 0.3) is 0 Å². The van der Waals surface area contributed by atoms with Gasteiger partial charge in [0.2, 0.25) is 5.91 Å². The molecule has 0 unspecified atom stereocenters. The second kappa shape index (κ2) is 9.79. The summed E-state index contributed by atoms with van der Waals surface area (Å²) in [6, 6.07) is 7.09. The van der Waals surface area contributed by atoms with Crippen molar-refractivity contribution in [1.82, 2.24) is 4.90 Å². The summed E-state index contributed by atoms with van der Waals surface area (Å²) in [6.45, 7) is 1.23. The van der Waals surface area contributed by atoms with Gasteiger partial charge in [0, 0.05) is 19.2 Å². The number of carbonyl (C=O) groups excluding carboxylic acids is 4. The maximum atomic E-state index is 12.5. The molecule has 10 nitrogen and oxygen atoms in total. The molecular formula is C21H23N3O7. The molecule has 0 bridgehead atoms. The quantitative estimate of drug-likeness (QED) is 0.645. The van der Waals surface area contributed by atoms with Crippen molar-refractivity contribution < 1.29 is 33.1 Å². The first kappa shape index (κ1) is 21.9. The van der Waals surface area contributed by atoms with E-state index >= 15 is 0 Å². The molecule has 0 aliphatic carbocycles. The van der Waals surface area contributed by atoms with Crippen molar-refractivity contribution in [3.8, 4) is 5.75 Å². The lowest BCUT2D eigenvalue weighted by Crippen LogP contribution is -2.42. The zero-order chi connectivity index (χ0) is 22.4. The minimum atomic E-state index is -0.775. The van der Waals surface area contributed by atoms with Crippen LogP contribution in [0, 0.1) is 0 Å². The van der Waals surface area contributed by atoms with E-state index in [9.17, 15) is 19.2 Å². The molecule has 0 saturated carbocycles. The van der Waals surface area contributed by atoms with Crippen molar-refractivity contribution in [3.05, 3.63) is 42.4 Å². The number of ether oxygens (including phenoxy) is 2. The van der Waals surface area contributed by atoms with Crippen LogP contribution in [0.3, 0.4) is 0 Å². The predicted molar refractivity (Wildman–Crippen MR) is 110 cm³/mol. The monoisotopic (exact) mass is 429 g/mol. The number of nitrogens with one attached hydrogen (secondary N) is 2. The van der Waals surface area contributed by atoms with Crippen LogP contribution < -0.4 is 15.4 Å². The van der Waals surface area contributed by atoms with E-state index in [2.05, 4.69) is 10.6 Å². The van der Waals surface area contributed by atoms with E-state index in [0.29, 0.717) is 36.5 Å². The zero-order valence-electron chi connectivity index (χ0n) is 17.2. The van der Waals surface area contributed by atoms with Crippen molar-refractivity contribution in [2.75, 3.05) is 30.9 Å². The summed E-state index contributed by atoms with van der Waals surface area (Å²) >= 11 is 0. The maximum Gasteiger partial charge on any atom is 0.329 e. The Hall–Kier alpha value is -3.82. The number of furan rings is 1. The molecule has 3 amide bonds. The highest BCUT2D eigenvalue weighted by atomic mass is 16.5. The number of esters is 1. The van der Waals surface area contributed by atoms with Crippen molar-refractivity contribution >= 4 is 35.1 Å². The van der Waals surface area contributed by atoms with Gasteiger partial charge in [0.1, 0.15) is 11.8 Å². The Kier molecular flexibility index (Phi) is 6.91. The molecule has 0 radical (unpaired) electrons. The molecule has 1 aromatic carbocycles. The summed E-state index contributed by atoms with van der Waals surface area (Å²) < 4.78 is 15.5. The molecule has 1 aromatic heterocycles. The van der Waals surface area contributed by atoms with Crippen molar-refractivity contribution in [2.24, 2.45) is 0 Å². The fourth-order valence-electron chi connectivity index (χ4n) is 3.30. The minimum absolute atomic E-state index is 0.142. The summed E-state index contributed by atoms with van der Waals surface area (Å²) in [5.41, 5.74) is 0.781. The van der Waals surface area contributed by atoms with E-state index in [1.165, 1.54) is 37.3 Å². The van der Waals surface area contributed by atoms with Crippen LogP contribution in [-0.2, 0) is 19.1 Å². The smallest absolute Gasteiger partial charge is 0.329 e. The Bertz CT molecular complexity index is 971. The number of methoxy groups -OCH3 is 1. The average molecular weight is 429 g/mol. The van der Waals surface area contributed by atoms with Crippen LogP contribution in [0.2, 0.25) is 0 Å². The van der Waals surface area contributed by atoms with Gasteiger partial charge in [-0.15, -0.1) is 0 Å². The lowest BCUT2D eigenvalue weighted by Gasteiger charge is -2.22. The van der Waals surface area contributed by atoms with E-state index in [0.717, 1.165) is 0 Å². The van der Waals surface area contributed by atoms with Gasteiger partial charge in [-0.25, -0.2) is 4.79 Å². The highest BCUT2D eigenvalue weighted by molar-refractivity contribution is 5.97. The number of hydrogen-bond donors (Lipinski definition) is 2. The molecular weight excluding hydrogens is 406 g/mol. The highest BCUT2D eigenvalue weighted by Gasteiger charge is 2.36. The molecule has 1 aliphatic heterocycles. The first-order valence-electron chi connectivity index (χ1n) is 9.65. The van der Waals surface area contributed by atoms with Gasteiger partial charge < -0.3 is 29.4 Å². The number of amides is 3. The fourth-order valence-corrected chi connectivity index (χ4v) is 3.30. The zero-order valence-corrected chi connectivity index (χ0v) is 17.2. The van der Waals surface area contributed by atoms with Gasteiger partial charge in [-0.1, -0.05) is 0 Å². The largest absolute Gasteiger partial charge is 0.495 e. The molecule has 31 heavy (non-hydrogen) atoms. The molecule has 0 spiro atoms. The number of benzene rings is 1. The third-order valence-corrected chi connectivity index (χ3v) is 4.66. The van der Waals surface area contributed by atoms with Gasteiger partial charge in [0.25, 0.3) is 11.8 Å². The van der Waals surface area contributed by atoms with E-state index in [-0.39, 0.29) is 11.7 Å². The standard InChI is InChI=1S/C21H23N3O7/c1-13(25)22-14-7-8-17(29-2)15(11-14)23-19(26)12-31-21(28)16-5-3-9-24(16)20(27)18-6-4-10-30-18/h4,6-8,10-11,16H,3,5,9,12H2,1-2H3,(H,22,25)(H,23,26)/t16-/m0/s1. The van der Waals surface area contributed by atoms with Crippen LogP contribution in [-0.4, -0.2) is 54.9 Å².